The number of esters is 2. The van der Waals surface area contributed by atoms with E-state index in [1.54, 1.807) is 17.7 Å². The number of hydrogen-bond donors (Lipinski definition) is 1. The Bertz CT molecular complexity index is 662. The van der Waals surface area contributed by atoms with Crippen molar-refractivity contribution < 1.29 is 19.1 Å². The maximum atomic E-state index is 11.8. The highest BCUT2D eigenvalue weighted by atomic mass is 32.2. The monoisotopic (exact) mass is 306 g/mol. The lowest BCUT2D eigenvalue weighted by molar-refractivity contribution is -0.141. The minimum atomic E-state index is -0.363. The average Bonchev–Trinajstić information content (AvgIpc) is 3.01. The first-order valence-electron chi connectivity index (χ1n) is 6.61. The second-order valence-electron chi connectivity index (χ2n) is 4.68. The fourth-order valence-corrected chi connectivity index (χ4v) is 3.45. The summed E-state index contributed by atoms with van der Waals surface area (Å²) in [7, 11) is 0. The number of carbonyl (C=O) groups is 2. The van der Waals surface area contributed by atoms with Gasteiger partial charge < -0.3 is 14.0 Å². The van der Waals surface area contributed by atoms with E-state index in [-0.39, 0.29) is 30.0 Å². The molecule has 0 radical (unpaired) electrons. The summed E-state index contributed by atoms with van der Waals surface area (Å²) in [5.74, 6) is -0.484. The van der Waals surface area contributed by atoms with E-state index < -0.39 is 0 Å². The summed E-state index contributed by atoms with van der Waals surface area (Å²) in [5.41, 5.74) is 1.60. The molecular formula is C14H14N2O4S. The van der Waals surface area contributed by atoms with Crippen LogP contribution in [-0.2, 0) is 19.1 Å². The van der Waals surface area contributed by atoms with Gasteiger partial charge in [-0.15, -0.1) is 0 Å². The van der Waals surface area contributed by atoms with Crippen molar-refractivity contribution in [1.82, 2.24) is 4.57 Å². The summed E-state index contributed by atoms with van der Waals surface area (Å²) in [6, 6.07) is 3.75. The third kappa shape index (κ3) is 2.37. The van der Waals surface area contributed by atoms with Crippen LogP contribution < -0.4 is 0 Å². The van der Waals surface area contributed by atoms with E-state index in [2.05, 4.69) is 0 Å². The van der Waals surface area contributed by atoms with Gasteiger partial charge in [0.05, 0.1) is 24.4 Å². The molecule has 110 valence electrons. The van der Waals surface area contributed by atoms with Crippen molar-refractivity contribution in [1.29, 1.82) is 5.41 Å². The maximum absolute atomic E-state index is 11.8. The smallest absolute Gasteiger partial charge is 0.316 e. The fourth-order valence-electron chi connectivity index (χ4n) is 2.57. The summed E-state index contributed by atoms with van der Waals surface area (Å²) in [6.07, 6.45) is 2.02. The first-order chi connectivity index (χ1) is 10.1. The standard InChI is InChI=1S/C14H14N2O4S/c1-2-19-11(18)7-21-14-12-8(6-10(17)20-14)9-4-3-5-16(9)13(12)15/h3-5,8,15H,2,6-7H2,1H3. The third-order valence-corrected chi connectivity index (χ3v) is 4.35. The van der Waals surface area contributed by atoms with Crippen LogP contribution in [0.5, 0.6) is 0 Å². The largest absolute Gasteiger partial charge is 0.465 e. The topological polar surface area (TPSA) is 81.4 Å². The molecule has 0 aromatic carbocycles. The number of hydrogen-bond acceptors (Lipinski definition) is 6. The van der Waals surface area contributed by atoms with Gasteiger partial charge in [-0.2, -0.15) is 0 Å². The van der Waals surface area contributed by atoms with E-state index in [0.717, 1.165) is 17.5 Å². The molecule has 0 aliphatic carbocycles. The second-order valence-corrected chi connectivity index (χ2v) is 5.63. The zero-order valence-corrected chi connectivity index (χ0v) is 12.2. The molecule has 1 aromatic rings. The average molecular weight is 306 g/mol. The molecule has 1 atom stereocenters. The molecule has 21 heavy (non-hydrogen) atoms. The maximum Gasteiger partial charge on any atom is 0.316 e. The number of nitrogens with zero attached hydrogens (tertiary/aromatic N) is 1. The molecule has 3 rings (SSSR count). The van der Waals surface area contributed by atoms with Crippen molar-refractivity contribution in [2.45, 2.75) is 19.3 Å². The molecule has 3 heterocycles. The third-order valence-electron chi connectivity index (χ3n) is 3.41. The lowest BCUT2D eigenvalue weighted by Crippen LogP contribution is -2.20. The summed E-state index contributed by atoms with van der Waals surface area (Å²) in [5, 5.41) is 8.56. The number of ether oxygens (including phenoxy) is 2. The van der Waals surface area contributed by atoms with Gasteiger partial charge in [-0.05, 0) is 19.1 Å². The van der Waals surface area contributed by atoms with Gasteiger partial charge in [0.1, 0.15) is 5.84 Å². The van der Waals surface area contributed by atoms with E-state index in [9.17, 15) is 9.59 Å². The molecule has 0 amide bonds. The summed E-state index contributed by atoms with van der Waals surface area (Å²) < 4.78 is 11.8. The van der Waals surface area contributed by atoms with Gasteiger partial charge in [-0.25, -0.2) is 0 Å². The van der Waals surface area contributed by atoms with E-state index >= 15 is 0 Å². The molecule has 0 saturated carbocycles. The highest BCUT2D eigenvalue weighted by Crippen LogP contribution is 2.44. The van der Waals surface area contributed by atoms with Crippen LogP contribution in [0.2, 0.25) is 0 Å². The highest BCUT2D eigenvalue weighted by molar-refractivity contribution is 8.03. The minimum Gasteiger partial charge on any atom is -0.465 e. The van der Waals surface area contributed by atoms with Crippen LogP contribution in [0.1, 0.15) is 25.0 Å². The van der Waals surface area contributed by atoms with E-state index in [1.165, 1.54) is 0 Å². The number of allylic oxidation sites excluding steroid dienone is 1. The number of nitrogens with one attached hydrogen (secondary N) is 1. The van der Waals surface area contributed by atoms with Crippen molar-refractivity contribution in [2.24, 2.45) is 0 Å². The Morgan fingerprint density at radius 2 is 2.43 bits per heavy atom. The molecular weight excluding hydrogens is 292 g/mol. The molecule has 1 unspecified atom stereocenters. The normalized spacial score (nSPS) is 20.1. The number of carbonyl (C=O) groups excluding carboxylic acids is 2. The minimum absolute atomic E-state index is 0.0643. The van der Waals surface area contributed by atoms with Crippen molar-refractivity contribution in [2.75, 3.05) is 12.4 Å². The SMILES string of the molecule is CCOC(=O)CSC1=C2C(=N)n3cccc3C2CC(=O)O1. The molecule has 0 fully saturated rings. The van der Waals surface area contributed by atoms with Crippen molar-refractivity contribution in [3.63, 3.8) is 0 Å². The van der Waals surface area contributed by atoms with E-state index in [1.807, 2.05) is 12.1 Å². The lowest BCUT2D eigenvalue weighted by Gasteiger charge is -2.21. The number of aromatic nitrogens is 1. The second kappa shape index (κ2) is 5.40. The predicted octanol–water partition coefficient (Wildman–Crippen LogP) is 1.87. The van der Waals surface area contributed by atoms with E-state index in [0.29, 0.717) is 23.1 Å². The van der Waals surface area contributed by atoms with Crippen LogP contribution in [0.3, 0.4) is 0 Å². The summed E-state index contributed by atoms with van der Waals surface area (Å²) in [4.78, 5) is 23.2. The van der Waals surface area contributed by atoms with Gasteiger partial charge in [-0.3, -0.25) is 15.0 Å². The zero-order valence-electron chi connectivity index (χ0n) is 11.4. The van der Waals surface area contributed by atoms with Gasteiger partial charge in [-0.1, -0.05) is 11.8 Å². The Morgan fingerprint density at radius 3 is 3.19 bits per heavy atom. The Balaban J connectivity index is 1.88. The van der Waals surface area contributed by atoms with Crippen molar-refractivity contribution in [3.8, 4) is 0 Å². The summed E-state index contributed by atoms with van der Waals surface area (Å²) in [6.45, 7) is 2.05. The Labute approximate surface area is 125 Å². The Hall–Kier alpha value is -2.02. The molecule has 7 heteroatoms. The molecule has 0 saturated heterocycles. The first-order valence-corrected chi connectivity index (χ1v) is 7.60. The zero-order chi connectivity index (χ0) is 15.0. The molecule has 0 bridgehead atoms. The first kappa shape index (κ1) is 13.9. The van der Waals surface area contributed by atoms with Crippen LogP contribution in [-0.4, -0.2) is 34.7 Å². The van der Waals surface area contributed by atoms with Crippen molar-refractivity contribution >= 4 is 29.5 Å². The van der Waals surface area contributed by atoms with Gasteiger partial charge in [0, 0.05) is 17.8 Å². The van der Waals surface area contributed by atoms with E-state index in [4.69, 9.17) is 14.9 Å². The van der Waals surface area contributed by atoms with Gasteiger partial charge in [0.25, 0.3) is 0 Å². The molecule has 2 aliphatic heterocycles. The highest BCUT2D eigenvalue weighted by Gasteiger charge is 2.40. The molecule has 2 aliphatic rings. The molecule has 6 nitrogen and oxygen atoms in total. The molecule has 1 aromatic heterocycles. The molecule has 0 spiro atoms. The van der Waals surface area contributed by atoms with Gasteiger partial charge >= 0.3 is 11.9 Å². The van der Waals surface area contributed by atoms with Gasteiger partial charge in [0.15, 0.2) is 5.09 Å². The number of rotatable bonds is 4. The van der Waals surface area contributed by atoms with Crippen LogP contribution in [0.15, 0.2) is 29.0 Å². The number of thioether (sulfide) groups is 1. The summed E-state index contributed by atoms with van der Waals surface area (Å²) >= 11 is 1.11. The van der Waals surface area contributed by atoms with Gasteiger partial charge in [0.2, 0.25) is 0 Å². The number of fused-ring (bicyclic) bond motifs is 3. The lowest BCUT2D eigenvalue weighted by atomic mass is 9.94. The fraction of sp³-hybridized carbons (Fsp3) is 0.357. The Morgan fingerprint density at radius 1 is 1.62 bits per heavy atom. The quantitative estimate of drug-likeness (QED) is 0.859. The number of cyclic esters (lactones) is 1. The molecule has 1 N–H and O–H groups in total. The van der Waals surface area contributed by atoms with Crippen LogP contribution in [0.4, 0.5) is 0 Å². The van der Waals surface area contributed by atoms with Crippen LogP contribution in [0.25, 0.3) is 0 Å². The van der Waals surface area contributed by atoms with Crippen LogP contribution in [0, 0.1) is 5.41 Å². The predicted molar refractivity (Wildman–Crippen MR) is 77.1 cm³/mol. The Kier molecular flexibility index (Phi) is 3.59. The van der Waals surface area contributed by atoms with Crippen molar-refractivity contribution in [3.05, 3.63) is 34.7 Å². The van der Waals surface area contributed by atoms with Crippen LogP contribution >= 0.6 is 11.8 Å².